The van der Waals surface area contributed by atoms with Crippen LogP contribution in [0, 0.1) is 0 Å². The van der Waals surface area contributed by atoms with E-state index in [1.807, 2.05) is 0 Å². The summed E-state index contributed by atoms with van der Waals surface area (Å²) in [7, 11) is 1.74. The molecular weight excluding hydrogens is 324 g/mol. The topological polar surface area (TPSA) is 27.7 Å². The second-order valence-electron chi connectivity index (χ2n) is 8.07. The predicted molar refractivity (Wildman–Crippen MR) is 111 cm³/mol. The molecule has 0 bridgehead atoms. The van der Waals surface area contributed by atoms with E-state index in [2.05, 4.69) is 6.92 Å². The Kier molecular flexibility index (Phi) is 15.6. The number of methoxy groups -OCH3 is 1. The van der Waals surface area contributed by atoms with Gasteiger partial charge in [-0.1, -0.05) is 103 Å². The van der Waals surface area contributed by atoms with Crippen LogP contribution in [0.1, 0.15) is 116 Å². The summed E-state index contributed by atoms with van der Waals surface area (Å²) < 4.78 is 16.9. The normalized spacial score (nSPS) is 20.5. The molecule has 26 heavy (non-hydrogen) atoms. The first-order valence-corrected chi connectivity index (χ1v) is 11.6. The van der Waals surface area contributed by atoms with E-state index in [1.165, 1.54) is 103 Å². The largest absolute Gasteiger partial charge is 0.373 e. The first kappa shape index (κ1) is 23.9. The lowest BCUT2D eigenvalue weighted by atomic mass is 10.0. The van der Waals surface area contributed by atoms with E-state index in [0.717, 1.165) is 6.42 Å². The van der Waals surface area contributed by atoms with E-state index in [1.54, 1.807) is 7.11 Å². The Balaban J connectivity index is 1.77. The van der Waals surface area contributed by atoms with Gasteiger partial charge >= 0.3 is 0 Å². The average molecular weight is 371 g/mol. The van der Waals surface area contributed by atoms with E-state index in [0.29, 0.717) is 19.8 Å². The Labute approximate surface area is 163 Å². The zero-order valence-electron chi connectivity index (χ0n) is 17.9. The van der Waals surface area contributed by atoms with Gasteiger partial charge in [-0.2, -0.15) is 0 Å². The van der Waals surface area contributed by atoms with Crippen molar-refractivity contribution in [3.63, 3.8) is 0 Å². The van der Waals surface area contributed by atoms with Gasteiger partial charge in [0.15, 0.2) is 5.79 Å². The van der Waals surface area contributed by atoms with Crippen LogP contribution in [0.15, 0.2) is 0 Å². The van der Waals surface area contributed by atoms with Crippen LogP contribution in [0.2, 0.25) is 0 Å². The van der Waals surface area contributed by atoms with Crippen LogP contribution in [0.4, 0.5) is 0 Å². The minimum absolute atomic E-state index is 0.464. The van der Waals surface area contributed by atoms with Crippen molar-refractivity contribution in [3.05, 3.63) is 0 Å². The molecule has 0 N–H and O–H groups in total. The lowest BCUT2D eigenvalue weighted by Gasteiger charge is -2.35. The minimum Gasteiger partial charge on any atom is -0.373 e. The van der Waals surface area contributed by atoms with Crippen LogP contribution >= 0.6 is 0 Å². The number of unbranched alkanes of at least 4 members (excludes halogenated alkanes) is 15. The summed E-state index contributed by atoms with van der Waals surface area (Å²) in [5, 5.41) is 0. The van der Waals surface area contributed by atoms with Crippen LogP contribution in [0.25, 0.3) is 0 Å². The summed E-state index contributed by atoms with van der Waals surface area (Å²) >= 11 is 0. The van der Waals surface area contributed by atoms with E-state index in [-0.39, 0.29) is 0 Å². The lowest BCUT2D eigenvalue weighted by Crippen LogP contribution is -2.44. The van der Waals surface area contributed by atoms with Gasteiger partial charge < -0.3 is 14.2 Å². The van der Waals surface area contributed by atoms with Gasteiger partial charge in [-0.15, -0.1) is 0 Å². The van der Waals surface area contributed by atoms with Crippen molar-refractivity contribution < 1.29 is 14.2 Å². The fourth-order valence-electron chi connectivity index (χ4n) is 3.86. The summed E-state index contributed by atoms with van der Waals surface area (Å²) in [6.45, 7) is 4.23. The minimum atomic E-state index is -0.464. The number of rotatable bonds is 18. The molecule has 156 valence electrons. The third kappa shape index (κ3) is 12.3. The maximum Gasteiger partial charge on any atom is 0.191 e. The highest BCUT2D eigenvalue weighted by molar-refractivity contribution is 4.72. The Morgan fingerprint density at radius 2 is 1.12 bits per heavy atom. The number of ether oxygens (including phenoxy) is 3. The van der Waals surface area contributed by atoms with E-state index < -0.39 is 5.79 Å². The monoisotopic (exact) mass is 370 g/mol. The molecule has 3 nitrogen and oxygen atoms in total. The molecule has 1 aliphatic rings. The molecule has 1 unspecified atom stereocenters. The Morgan fingerprint density at radius 3 is 1.50 bits per heavy atom. The molecule has 1 heterocycles. The van der Waals surface area contributed by atoms with Crippen molar-refractivity contribution >= 4 is 0 Å². The van der Waals surface area contributed by atoms with Gasteiger partial charge in [0.2, 0.25) is 0 Å². The van der Waals surface area contributed by atoms with Gasteiger partial charge in [-0.05, 0) is 6.42 Å². The summed E-state index contributed by atoms with van der Waals surface area (Å²) in [5.74, 6) is -0.464. The molecule has 1 atom stereocenters. The fraction of sp³-hybridized carbons (Fsp3) is 1.00. The average Bonchev–Trinajstić information content (AvgIpc) is 2.68. The SMILES string of the molecule is CCCCCCCCCCCCCCCCCCC1(OC)COCCO1. The zero-order chi connectivity index (χ0) is 18.8. The van der Waals surface area contributed by atoms with Crippen molar-refractivity contribution in [1.82, 2.24) is 0 Å². The first-order valence-electron chi connectivity index (χ1n) is 11.6. The van der Waals surface area contributed by atoms with Crippen LogP contribution in [0.5, 0.6) is 0 Å². The smallest absolute Gasteiger partial charge is 0.191 e. The lowest BCUT2D eigenvalue weighted by molar-refractivity contribution is -0.285. The van der Waals surface area contributed by atoms with E-state index in [4.69, 9.17) is 14.2 Å². The maximum absolute atomic E-state index is 5.79. The second kappa shape index (κ2) is 17.0. The molecule has 0 aromatic rings. The van der Waals surface area contributed by atoms with Crippen LogP contribution in [-0.2, 0) is 14.2 Å². The van der Waals surface area contributed by atoms with Crippen LogP contribution < -0.4 is 0 Å². The highest BCUT2D eigenvalue weighted by atomic mass is 16.7. The highest BCUT2D eigenvalue weighted by Crippen LogP contribution is 2.24. The molecule has 0 saturated carbocycles. The zero-order valence-corrected chi connectivity index (χ0v) is 17.9. The highest BCUT2D eigenvalue weighted by Gasteiger charge is 2.33. The summed E-state index contributed by atoms with van der Waals surface area (Å²) in [4.78, 5) is 0. The standard InChI is InChI=1S/C23H46O3/c1-3-4-5-6-7-8-9-10-11-12-13-14-15-16-17-18-19-23(24-2)22-25-20-21-26-23/h3-22H2,1-2H3. The molecular formula is C23H46O3. The quantitative estimate of drug-likeness (QED) is 0.242. The number of hydrogen-bond donors (Lipinski definition) is 0. The van der Waals surface area contributed by atoms with Crippen molar-refractivity contribution in [2.75, 3.05) is 26.9 Å². The van der Waals surface area contributed by atoms with Gasteiger partial charge in [-0.3, -0.25) is 0 Å². The predicted octanol–water partition coefficient (Wildman–Crippen LogP) is 7.03. The second-order valence-corrected chi connectivity index (χ2v) is 8.07. The van der Waals surface area contributed by atoms with Gasteiger partial charge in [-0.25, -0.2) is 0 Å². The van der Waals surface area contributed by atoms with Crippen LogP contribution in [0.3, 0.4) is 0 Å². The molecule has 0 aromatic carbocycles. The van der Waals surface area contributed by atoms with Gasteiger partial charge in [0.05, 0.1) is 13.2 Å². The Hall–Kier alpha value is -0.120. The molecule has 1 fully saturated rings. The molecule has 1 rings (SSSR count). The molecule has 1 saturated heterocycles. The molecule has 0 aromatic heterocycles. The van der Waals surface area contributed by atoms with Crippen molar-refractivity contribution in [2.45, 2.75) is 122 Å². The molecule has 0 radical (unpaired) electrons. The number of hydrogen-bond acceptors (Lipinski definition) is 3. The third-order valence-electron chi connectivity index (χ3n) is 5.70. The summed E-state index contributed by atoms with van der Waals surface area (Å²) in [6.07, 6.45) is 23.4. The third-order valence-corrected chi connectivity index (χ3v) is 5.70. The fourth-order valence-corrected chi connectivity index (χ4v) is 3.86. The van der Waals surface area contributed by atoms with Gasteiger partial charge in [0.1, 0.15) is 6.61 Å². The Morgan fingerprint density at radius 1 is 0.654 bits per heavy atom. The maximum atomic E-state index is 5.79. The first-order chi connectivity index (χ1) is 12.8. The summed E-state index contributed by atoms with van der Waals surface area (Å²) in [6, 6.07) is 0. The van der Waals surface area contributed by atoms with Crippen molar-refractivity contribution in [2.24, 2.45) is 0 Å². The van der Waals surface area contributed by atoms with Crippen molar-refractivity contribution in [1.29, 1.82) is 0 Å². The summed E-state index contributed by atoms with van der Waals surface area (Å²) in [5.41, 5.74) is 0. The molecule has 0 amide bonds. The molecule has 1 aliphatic heterocycles. The van der Waals surface area contributed by atoms with E-state index in [9.17, 15) is 0 Å². The molecule has 0 spiro atoms. The van der Waals surface area contributed by atoms with E-state index >= 15 is 0 Å². The van der Waals surface area contributed by atoms with Crippen LogP contribution in [-0.4, -0.2) is 32.7 Å². The Bertz CT molecular complexity index is 287. The van der Waals surface area contributed by atoms with Crippen molar-refractivity contribution in [3.8, 4) is 0 Å². The van der Waals surface area contributed by atoms with Gasteiger partial charge in [0.25, 0.3) is 0 Å². The van der Waals surface area contributed by atoms with Gasteiger partial charge in [0, 0.05) is 13.5 Å². The molecule has 0 aliphatic carbocycles. The molecule has 3 heteroatoms.